The number of nitro groups is 1. The Balaban J connectivity index is 1.73. The fourth-order valence-electron chi connectivity index (χ4n) is 3.81. The van der Waals surface area contributed by atoms with E-state index in [-0.39, 0.29) is 16.6 Å². The summed E-state index contributed by atoms with van der Waals surface area (Å²) < 4.78 is 29.6. The predicted octanol–water partition coefficient (Wildman–Crippen LogP) is 3.74. The number of benzene rings is 2. The van der Waals surface area contributed by atoms with Crippen molar-refractivity contribution in [2.75, 3.05) is 18.4 Å². The normalized spacial score (nSPS) is 15.6. The fourth-order valence-corrected chi connectivity index (χ4v) is 5.50. The van der Waals surface area contributed by atoms with Gasteiger partial charge in [-0.15, -0.1) is 0 Å². The number of hydrogen-bond donors (Lipinski definition) is 1. The second kappa shape index (κ2) is 8.48. The lowest BCUT2D eigenvalue weighted by Crippen LogP contribution is -2.28. The number of sulfonamides is 1. The number of hydrogen-bond acceptors (Lipinski definition) is 6. The van der Waals surface area contributed by atoms with Crippen molar-refractivity contribution in [3.8, 4) is 5.69 Å². The minimum atomic E-state index is -3.86. The molecule has 4 rings (SSSR count). The van der Waals surface area contributed by atoms with Crippen LogP contribution in [0.15, 0.2) is 65.8 Å². The molecule has 1 unspecified atom stereocenters. The summed E-state index contributed by atoms with van der Waals surface area (Å²) in [4.78, 5) is 10.6. The van der Waals surface area contributed by atoms with Crippen LogP contribution in [0.4, 0.5) is 11.4 Å². The summed E-state index contributed by atoms with van der Waals surface area (Å²) in [7, 11) is -3.86. The number of non-ortho nitro benzene ring substituents is 1. The Labute approximate surface area is 180 Å². The molecule has 1 N–H and O–H groups in total. The number of nitrogens with one attached hydrogen (secondary N) is 1. The molecule has 1 aliphatic rings. The van der Waals surface area contributed by atoms with E-state index >= 15 is 0 Å². The van der Waals surface area contributed by atoms with Gasteiger partial charge in [-0.05, 0) is 43.5 Å². The molecule has 10 heteroatoms. The van der Waals surface area contributed by atoms with Crippen molar-refractivity contribution < 1.29 is 13.3 Å². The molecule has 2 aromatic carbocycles. The van der Waals surface area contributed by atoms with Gasteiger partial charge in [-0.25, -0.2) is 13.1 Å². The zero-order valence-electron chi connectivity index (χ0n) is 17.0. The van der Waals surface area contributed by atoms with E-state index in [4.69, 9.17) is 0 Å². The van der Waals surface area contributed by atoms with Crippen LogP contribution in [0.2, 0.25) is 0 Å². The molecule has 1 aliphatic heterocycles. The van der Waals surface area contributed by atoms with E-state index in [1.807, 2.05) is 43.5 Å². The van der Waals surface area contributed by atoms with Crippen LogP contribution in [0.1, 0.15) is 31.4 Å². The standard InChI is InChI=1S/C21H23N5O4S/c1-16(18-7-2-3-8-20(18)25-14-6-11-22-25)23-19-10-9-17(26(27)28)15-21(19)31(29,30)24-12-4-5-13-24/h2-3,6-11,14-16,23H,4-5,12-13H2,1H3. The van der Waals surface area contributed by atoms with Crippen LogP contribution in [0.25, 0.3) is 5.69 Å². The van der Waals surface area contributed by atoms with Crippen molar-refractivity contribution in [2.45, 2.75) is 30.7 Å². The first-order valence-electron chi connectivity index (χ1n) is 10.0. The molecule has 31 heavy (non-hydrogen) atoms. The third-order valence-electron chi connectivity index (χ3n) is 5.39. The van der Waals surface area contributed by atoms with Crippen LogP contribution in [0.3, 0.4) is 0 Å². The predicted molar refractivity (Wildman–Crippen MR) is 117 cm³/mol. The van der Waals surface area contributed by atoms with Gasteiger partial charge in [-0.1, -0.05) is 18.2 Å². The molecule has 0 aliphatic carbocycles. The Morgan fingerprint density at radius 3 is 2.55 bits per heavy atom. The largest absolute Gasteiger partial charge is 0.377 e. The molecule has 0 spiro atoms. The molecule has 0 saturated carbocycles. The highest BCUT2D eigenvalue weighted by atomic mass is 32.2. The molecular formula is C21H23N5O4S. The maximum absolute atomic E-state index is 13.3. The number of anilines is 1. The van der Waals surface area contributed by atoms with Crippen LogP contribution < -0.4 is 5.32 Å². The summed E-state index contributed by atoms with van der Waals surface area (Å²) in [6.45, 7) is 2.75. The first kappa shape index (κ1) is 21.0. The lowest BCUT2D eigenvalue weighted by molar-refractivity contribution is -0.385. The summed E-state index contributed by atoms with van der Waals surface area (Å²) >= 11 is 0. The molecule has 2 heterocycles. The van der Waals surface area contributed by atoms with Gasteiger partial charge < -0.3 is 5.32 Å². The van der Waals surface area contributed by atoms with Crippen molar-refractivity contribution in [2.24, 2.45) is 0 Å². The average Bonchev–Trinajstić information content (AvgIpc) is 3.48. The van der Waals surface area contributed by atoms with Crippen molar-refractivity contribution in [1.29, 1.82) is 0 Å². The quantitative estimate of drug-likeness (QED) is 0.442. The van der Waals surface area contributed by atoms with Gasteiger partial charge in [0, 0.05) is 37.6 Å². The molecule has 0 bridgehead atoms. The monoisotopic (exact) mass is 441 g/mol. The third-order valence-corrected chi connectivity index (χ3v) is 7.32. The molecule has 3 aromatic rings. The SMILES string of the molecule is CC(Nc1ccc([N+](=O)[O-])cc1S(=O)(=O)N1CCCC1)c1ccccc1-n1cccn1. The van der Waals surface area contributed by atoms with Gasteiger partial charge in [0.2, 0.25) is 10.0 Å². The van der Waals surface area contributed by atoms with E-state index < -0.39 is 14.9 Å². The van der Waals surface area contributed by atoms with Crippen LogP contribution in [-0.4, -0.2) is 40.5 Å². The fraction of sp³-hybridized carbons (Fsp3) is 0.286. The maximum Gasteiger partial charge on any atom is 0.270 e. The van der Waals surface area contributed by atoms with E-state index in [0.29, 0.717) is 18.8 Å². The summed E-state index contributed by atoms with van der Waals surface area (Å²) in [6, 6.07) is 13.1. The van der Waals surface area contributed by atoms with Crippen LogP contribution >= 0.6 is 0 Å². The summed E-state index contributed by atoms with van der Waals surface area (Å²) in [6.07, 6.45) is 5.09. The number of nitro benzene ring substituents is 1. The Morgan fingerprint density at radius 2 is 1.87 bits per heavy atom. The van der Waals surface area contributed by atoms with Gasteiger partial charge in [-0.2, -0.15) is 9.40 Å². The minimum absolute atomic E-state index is 0.0768. The van der Waals surface area contributed by atoms with Crippen LogP contribution in [-0.2, 0) is 10.0 Å². The summed E-state index contributed by atoms with van der Waals surface area (Å²) in [5.41, 5.74) is 1.85. The van der Waals surface area contributed by atoms with Gasteiger partial charge in [0.15, 0.2) is 0 Å². The Hall–Kier alpha value is -3.24. The highest BCUT2D eigenvalue weighted by Gasteiger charge is 2.31. The highest BCUT2D eigenvalue weighted by molar-refractivity contribution is 7.89. The second-order valence-corrected chi connectivity index (χ2v) is 9.33. The molecule has 0 radical (unpaired) electrons. The van der Waals surface area contributed by atoms with Crippen molar-refractivity contribution >= 4 is 21.4 Å². The highest BCUT2D eigenvalue weighted by Crippen LogP contribution is 2.33. The Morgan fingerprint density at radius 1 is 1.13 bits per heavy atom. The smallest absolute Gasteiger partial charge is 0.270 e. The molecule has 1 fully saturated rings. The first-order chi connectivity index (χ1) is 14.9. The van der Waals surface area contributed by atoms with Crippen molar-refractivity contribution in [3.05, 3.63) is 76.6 Å². The van der Waals surface area contributed by atoms with E-state index in [1.165, 1.54) is 16.4 Å². The lowest BCUT2D eigenvalue weighted by atomic mass is 10.1. The summed E-state index contributed by atoms with van der Waals surface area (Å²) in [5.74, 6) is 0. The molecule has 1 aromatic heterocycles. The van der Waals surface area contributed by atoms with E-state index in [0.717, 1.165) is 30.2 Å². The second-order valence-electron chi connectivity index (χ2n) is 7.42. The van der Waals surface area contributed by atoms with Gasteiger partial charge in [-0.3, -0.25) is 10.1 Å². The average molecular weight is 442 g/mol. The molecule has 9 nitrogen and oxygen atoms in total. The van der Waals surface area contributed by atoms with Gasteiger partial charge in [0.1, 0.15) is 4.90 Å². The number of nitrogens with zero attached hydrogens (tertiary/aromatic N) is 4. The number of rotatable bonds is 7. The lowest BCUT2D eigenvalue weighted by Gasteiger charge is -2.23. The van der Waals surface area contributed by atoms with Crippen LogP contribution in [0.5, 0.6) is 0 Å². The first-order valence-corrected chi connectivity index (χ1v) is 11.5. The Kier molecular flexibility index (Phi) is 5.75. The zero-order chi connectivity index (χ0) is 22.0. The third kappa shape index (κ3) is 4.17. The topological polar surface area (TPSA) is 110 Å². The van der Waals surface area contributed by atoms with Crippen molar-refractivity contribution in [1.82, 2.24) is 14.1 Å². The van der Waals surface area contributed by atoms with Crippen LogP contribution in [0, 0.1) is 10.1 Å². The van der Waals surface area contributed by atoms with E-state index in [9.17, 15) is 18.5 Å². The Bertz CT molecular complexity index is 1190. The van der Waals surface area contributed by atoms with E-state index in [1.54, 1.807) is 10.9 Å². The molecule has 0 amide bonds. The van der Waals surface area contributed by atoms with E-state index in [2.05, 4.69) is 10.4 Å². The molecule has 1 saturated heterocycles. The maximum atomic E-state index is 13.3. The molecule has 1 atom stereocenters. The van der Waals surface area contributed by atoms with Gasteiger partial charge >= 0.3 is 0 Å². The van der Waals surface area contributed by atoms with Crippen molar-refractivity contribution in [3.63, 3.8) is 0 Å². The zero-order valence-corrected chi connectivity index (χ0v) is 17.8. The molecular weight excluding hydrogens is 418 g/mol. The number of para-hydroxylation sites is 1. The minimum Gasteiger partial charge on any atom is -0.377 e. The van der Waals surface area contributed by atoms with Gasteiger partial charge in [0.25, 0.3) is 5.69 Å². The molecule has 162 valence electrons. The van der Waals surface area contributed by atoms with Gasteiger partial charge in [0.05, 0.1) is 22.3 Å². The number of aromatic nitrogens is 2. The summed E-state index contributed by atoms with van der Waals surface area (Å²) in [5, 5.41) is 18.8.